The van der Waals surface area contributed by atoms with Gasteiger partial charge in [0.1, 0.15) is 0 Å². The Labute approximate surface area is 104 Å². The summed E-state index contributed by atoms with van der Waals surface area (Å²) < 4.78 is 1.65. The largest absolute Gasteiger partial charge is 0.356 e. The van der Waals surface area contributed by atoms with Crippen molar-refractivity contribution in [3.63, 3.8) is 0 Å². The fraction of sp³-hybridized carbons (Fsp3) is 0.545. The van der Waals surface area contributed by atoms with Crippen LogP contribution in [-0.2, 0) is 4.79 Å². The Hall–Kier alpha value is -1.30. The molecule has 0 radical (unpaired) electrons. The maximum atomic E-state index is 12.0. The molecular weight excluding hydrogens is 238 g/mol. The second-order valence-corrected chi connectivity index (χ2v) is 5.01. The van der Waals surface area contributed by atoms with Crippen molar-refractivity contribution in [1.82, 2.24) is 14.9 Å². The summed E-state index contributed by atoms with van der Waals surface area (Å²) in [7, 11) is 0. The van der Waals surface area contributed by atoms with Gasteiger partial charge in [-0.05, 0) is 13.8 Å². The lowest BCUT2D eigenvalue weighted by molar-refractivity contribution is -0.121. The Kier molecular flexibility index (Phi) is 3.51. The van der Waals surface area contributed by atoms with Gasteiger partial charge in [0.25, 0.3) is 5.56 Å². The van der Waals surface area contributed by atoms with Gasteiger partial charge in [-0.15, -0.1) is 0 Å². The van der Waals surface area contributed by atoms with Crippen LogP contribution < -0.4 is 10.9 Å². The first kappa shape index (κ1) is 12.2. The number of aromatic nitrogens is 2. The summed E-state index contributed by atoms with van der Waals surface area (Å²) in [5.74, 6) is 0.724. The third-order valence-electron chi connectivity index (χ3n) is 2.70. The van der Waals surface area contributed by atoms with E-state index in [4.69, 9.17) is 0 Å². The first-order chi connectivity index (χ1) is 8.13. The monoisotopic (exact) mass is 253 g/mol. The first-order valence-corrected chi connectivity index (χ1v) is 6.59. The van der Waals surface area contributed by atoms with Crippen molar-refractivity contribution in [2.45, 2.75) is 31.5 Å². The molecule has 1 atom stereocenters. The summed E-state index contributed by atoms with van der Waals surface area (Å²) >= 11 is 1.53. The molecule has 1 aliphatic heterocycles. The van der Waals surface area contributed by atoms with E-state index >= 15 is 0 Å². The highest BCUT2D eigenvalue weighted by Gasteiger charge is 2.27. The molecule has 1 aliphatic rings. The highest BCUT2D eigenvalue weighted by Crippen LogP contribution is 2.31. The molecule has 1 N–H and O–H groups in total. The van der Waals surface area contributed by atoms with E-state index in [1.807, 2.05) is 6.92 Å². The molecule has 0 spiro atoms. The molecule has 1 amide bonds. The van der Waals surface area contributed by atoms with E-state index in [9.17, 15) is 9.59 Å². The van der Waals surface area contributed by atoms with Gasteiger partial charge in [0, 0.05) is 30.5 Å². The molecule has 0 saturated carbocycles. The van der Waals surface area contributed by atoms with Crippen molar-refractivity contribution in [2.75, 3.05) is 12.3 Å². The zero-order valence-corrected chi connectivity index (χ0v) is 10.7. The van der Waals surface area contributed by atoms with Crippen LogP contribution in [0.15, 0.2) is 16.1 Å². The van der Waals surface area contributed by atoms with E-state index in [0.717, 1.165) is 10.9 Å². The van der Waals surface area contributed by atoms with Gasteiger partial charge in [0.05, 0.1) is 6.04 Å². The van der Waals surface area contributed by atoms with Gasteiger partial charge in [-0.1, -0.05) is 11.8 Å². The van der Waals surface area contributed by atoms with Crippen molar-refractivity contribution < 1.29 is 4.79 Å². The SMILES string of the molecule is CCNC(=O)CC1CSc2ncc(C)c(=O)n21. The minimum Gasteiger partial charge on any atom is -0.356 e. The molecule has 0 aromatic carbocycles. The minimum atomic E-state index is -0.0681. The number of nitrogens with one attached hydrogen (secondary N) is 1. The summed E-state index contributed by atoms with van der Waals surface area (Å²) in [5.41, 5.74) is 0.589. The van der Waals surface area contributed by atoms with Crippen LogP contribution in [-0.4, -0.2) is 27.8 Å². The number of hydrogen-bond acceptors (Lipinski definition) is 4. The molecule has 1 unspecified atom stereocenters. The summed E-state index contributed by atoms with van der Waals surface area (Å²) in [6, 6.07) is -0.0681. The lowest BCUT2D eigenvalue weighted by atomic mass is 10.2. The Bertz CT molecular complexity index is 498. The van der Waals surface area contributed by atoms with Crippen LogP contribution in [0.3, 0.4) is 0 Å². The van der Waals surface area contributed by atoms with Crippen LogP contribution >= 0.6 is 11.8 Å². The molecule has 17 heavy (non-hydrogen) atoms. The van der Waals surface area contributed by atoms with Gasteiger partial charge in [-0.25, -0.2) is 4.98 Å². The zero-order chi connectivity index (χ0) is 12.4. The Morgan fingerprint density at radius 2 is 2.47 bits per heavy atom. The predicted molar refractivity (Wildman–Crippen MR) is 66.3 cm³/mol. The van der Waals surface area contributed by atoms with Crippen molar-refractivity contribution in [3.8, 4) is 0 Å². The normalized spacial score (nSPS) is 17.9. The maximum Gasteiger partial charge on any atom is 0.257 e. The number of amides is 1. The van der Waals surface area contributed by atoms with E-state index in [2.05, 4.69) is 10.3 Å². The third-order valence-corrected chi connectivity index (χ3v) is 3.81. The standard InChI is InChI=1S/C11H15N3O2S/c1-3-12-9(15)4-8-6-17-11-13-5-7(2)10(16)14(8)11/h5,8H,3-4,6H2,1-2H3,(H,12,15). The quantitative estimate of drug-likeness (QED) is 0.806. The van der Waals surface area contributed by atoms with Crippen LogP contribution in [0, 0.1) is 6.92 Å². The van der Waals surface area contributed by atoms with Gasteiger partial charge >= 0.3 is 0 Å². The molecular formula is C11H15N3O2S. The molecule has 0 bridgehead atoms. The van der Waals surface area contributed by atoms with E-state index in [-0.39, 0.29) is 17.5 Å². The molecule has 0 fully saturated rings. The molecule has 2 heterocycles. The number of nitrogens with zero attached hydrogens (tertiary/aromatic N) is 2. The summed E-state index contributed by atoms with van der Waals surface area (Å²) in [6.07, 6.45) is 1.94. The summed E-state index contributed by atoms with van der Waals surface area (Å²) in [6.45, 7) is 4.24. The van der Waals surface area contributed by atoms with Crippen LogP contribution in [0.2, 0.25) is 0 Å². The van der Waals surface area contributed by atoms with E-state index in [1.54, 1.807) is 17.7 Å². The van der Waals surface area contributed by atoms with Crippen LogP contribution in [0.4, 0.5) is 0 Å². The average molecular weight is 253 g/mol. The van der Waals surface area contributed by atoms with Gasteiger partial charge in [-0.2, -0.15) is 0 Å². The van der Waals surface area contributed by atoms with Gasteiger partial charge < -0.3 is 5.32 Å². The number of hydrogen-bond donors (Lipinski definition) is 1. The number of fused-ring (bicyclic) bond motifs is 1. The first-order valence-electron chi connectivity index (χ1n) is 5.61. The molecule has 6 heteroatoms. The predicted octanol–water partition coefficient (Wildman–Crippen LogP) is 0.725. The topological polar surface area (TPSA) is 64.0 Å². The maximum absolute atomic E-state index is 12.0. The Morgan fingerprint density at radius 3 is 3.18 bits per heavy atom. The van der Waals surface area contributed by atoms with Gasteiger partial charge in [0.15, 0.2) is 5.16 Å². The van der Waals surface area contributed by atoms with E-state index < -0.39 is 0 Å². The van der Waals surface area contributed by atoms with Gasteiger partial charge in [-0.3, -0.25) is 14.2 Å². The van der Waals surface area contributed by atoms with E-state index in [1.165, 1.54) is 11.8 Å². The Balaban J connectivity index is 2.24. The molecule has 0 saturated heterocycles. The van der Waals surface area contributed by atoms with Crippen LogP contribution in [0.25, 0.3) is 0 Å². The average Bonchev–Trinajstić information content (AvgIpc) is 2.68. The second-order valence-electron chi connectivity index (χ2n) is 4.02. The Morgan fingerprint density at radius 1 is 1.71 bits per heavy atom. The number of thioether (sulfide) groups is 1. The van der Waals surface area contributed by atoms with Crippen LogP contribution in [0.5, 0.6) is 0 Å². The second kappa shape index (κ2) is 4.91. The summed E-state index contributed by atoms with van der Waals surface area (Å²) in [4.78, 5) is 27.8. The molecule has 5 nitrogen and oxygen atoms in total. The highest BCUT2D eigenvalue weighted by atomic mass is 32.2. The third kappa shape index (κ3) is 2.36. The number of carbonyl (C=O) groups excluding carboxylic acids is 1. The molecule has 1 aromatic heterocycles. The number of aryl methyl sites for hydroxylation is 1. The van der Waals surface area contributed by atoms with Crippen molar-refractivity contribution in [1.29, 1.82) is 0 Å². The fourth-order valence-electron chi connectivity index (χ4n) is 1.85. The fourth-order valence-corrected chi connectivity index (χ4v) is 2.96. The smallest absolute Gasteiger partial charge is 0.257 e. The van der Waals surface area contributed by atoms with Crippen molar-refractivity contribution >= 4 is 17.7 Å². The van der Waals surface area contributed by atoms with E-state index in [0.29, 0.717) is 18.5 Å². The van der Waals surface area contributed by atoms with Crippen molar-refractivity contribution in [3.05, 3.63) is 22.1 Å². The minimum absolute atomic E-state index is 0.0145. The lowest BCUT2D eigenvalue weighted by Crippen LogP contribution is -2.31. The van der Waals surface area contributed by atoms with Crippen molar-refractivity contribution in [2.24, 2.45) is 0 Å². The zero-order valence-electron chi connectivity index (χ0n) is 9.90. The van der Waals surface area contributed by atoms with Gasteiger partial charge in [0.2, 0.25) is 5.91 Å². The summed E-state index contributed by atoms with van der Waals surface area (Å²) in [5, 5.41) is 3.47. The number of rotatable bonds is 3. The molecule has 0 aliphatic carbocycles. The van der Waals surface area contributed by atoms with Crippen LogP contribution in [0.1, 0.15) is 24.9 Å². The number of carbonyl (C=O) groups is 1. The lowest BCUT2D eigenvalue weighted by Gasteiger charge is -2.12. The molecule has 92 valence electrons. The highest BCUT2D eigenvalue weighted by molar-refractivity contribution is 7.99. The molecule has 2 rings (SSSR count). The molecule has 1 aromatic rings.